The van der Waals surface area contributed by atoms with Gasteiger partial charge in [0.2, 0.25) is 0 Å². The summed E-state index contributed by atoms with van der Waals surface area (Å²) in [5.74, 6) is 0. The fourth-order valence-electron chi connectivity index (χ4n) is 3.17. The summed E-state index contributed by atoms with van der Waals surface area (Å²) in [6.07, 6.45) is 3.00. The standard InChI is InChI=1S/C14H19FN2/c15-14(7-5-12(16)9-14)10-17-8-6-11-3-1-2-4-13(11)17/h1-4,12H,5-10,16H2. The molecule has 0 spiro atoms. The van der Waals surface area contributed by atoms with Crippen molar-refractivity contribution in [2.45, 2.75) is 37.4 Å². The minimum atomic E-state index is -1.07. The van der Waals surface area contributed by atoms with E-state index in [-0.39, 0.29) is 6.04 Å². The zero-order valence-electron chi connectivity index (χ0n) is 10.0. The van der Waals surface area contributed by atoms with Crippen LogP contribution in [0.3, 0.4) is 0 Å². The van der Waals surface area contributed by atoms with Crippen molar-refractivity contribution in [3.8, 4) is 0 Å². The molecule has 17 heavy (non-hydrogen) atoms. The van der Waals surface area contributed by atoms with E-state index in [0.29, 0.717) is 19.4 Å². The van der Waals surface area contributed by atoms with Gasteiger partial charge >= 0.3 is 0 Å². The third-order valence-electron chi connectivity index (χ3n) is 4.05. The fraction of sp³-hybridized carbons (Fsp3) is 0.571. The predicted octanol–water partition coefficient (Wildman–Crippen LogP) is 2.27. The molecule has 92 valence electrons. The van der Waals surface area contributed by atoms with E-state index in [4.69, 9.17) is 5.73 Å². The summed E-state index contributed by atoms with van der Waals surface area (Å²) in [5.41, 5.74) is 7.31. The maximum atomic E-state index is 14.6. The zero-order valence-corrected chi connectivity index (χ0v) is 10.0. The number of fused-ring (bicyclic) bond motifs is 1. The molecule has 0 radical (unpaired) electrons. The Labute approximate surface area is 102 Å². The van der Waals surface area contributed by atoms with E-state index in [9.17, 15) is 4.39 Å². The molecule has 1 saturated carbocycles. The normalized spacial score (nSPS) is 31.9. The third kappa shape index (κ3) is 2.04. The average Bonchev–Trinajstić information content (AvgIpc) is 2.85. The van der Waals surface area contributed by atoms with Crippen molar-refractivity contribution in [1.29, 1.82) is 0 Å². The molecule has 2 atom stereocenters. The number of nitrogens with zero attached hydrogens (tertiary/aromatic N) is 1. The molecule has 3 heteroatoms. The molecule has 1 aromatic rings. The topological polar surface area (TPSA) is 29.3 Å². The molecule has 3 rings (SSSR count). The predicted molar refractivity (Wildman–Crippen MR) is 68.0 cm³/mol. The number of hydrogen-bond acceptors (Lipinski definition) is 2. The Bertz CT molecular complexity index is 420. The Kier molecular flexibility index (Phi) is 2.58. The summed E-state index contributed by atoms with van der Waals surface area (Å²) in [4.78, 5) is 2.19. The monoisotopic (exact) mass is 234 g/mol. The van der Waals surface area contributed by atoms with Crippen LogP contribution in [0, 0.1) is 0 Å². The maximum absolute atomic E-state index is 14.6. The summed E-state index contributed by atoms with van der Waals surface area (Å²) in [7, 11) is 0. The van der Waals surface area contributed by atoms with Gasteiger partial charge in [-0.1, -0.05) is 18.2 Å². The van der Waals surface area contributed by atoms with Gasteiger partial charge in [-0.25, -0.2) is 4.39 Å². The van der Waals surface area contributed by atoms with Gasteiger partial charge in [0.05, 0.1) is 6.54 Å². The summed E-state index contributed by atoms with van der Waals surface area (Å²) < 4.78 is 14.6. The van der Waals surface area contributed by atoms with Crippen LogP contribution in [0.15, 0.2) is 24.3 Å². The first-order chi connectivity index (χ1) is 8.16. The summed E-state index contributed by atoms with van der Waals surface area (Å²) in [6.45, 7) is 1.46. The van der Waals surface area contributed by atoms with Gasteiger partial charge < -0.3 is 10.6 Å². The molecular weight excluding hydrogens is 215 g/mol. The lowest BCUT2D eigenvalue weighted by molar-refractivity contribution is 0.178. The van der Waals surface area contributed by atoms with Crippen molar-refractivity contribution >= 4 is 5.69 Å². The van der Waals surface area contributed by atoms with E-state index in [1.165, 1.54) is 11.3 Å². The molecule has 1 aromatic carbocycles. The highest BCUT2D eigenvalue weighted by Crippen LogP contribution is 2.37. The van der Waals surface area contributed by atoms with E-state index < -0.39 is 5.67 Å². The van der Waals surface area contributed by atoms with Crippen LogP contribution in [0.1, 0.15) is 24.8 Å². The first-order valence-corrected chi connectivity index (χ1v) is 6.44. The molecule has 1 fully saturated rings. The van der Waals surface area contributed by atoms with E-state index in [1.54, 1.807) is 0 Å². The molecule has 0 bridgehead atoms. The molecule has 0 aromatic heterocycles. The lowest BCUT2D eigenvalue weighted by Crippen LogP contribution is -2.38. The molecular formula is C14H19FN2. The van der Waals surface area contributed by atoms with Crippen LogP contribution in [0.5, 0.6) is 0 Å². The van der Waals surface area contributed by atoms with E-state index in [0.717, 1.165) is 19.4 Å². The van der Waals surface area contributed by atoms with Crippen LogP contribution in [-0.2, 0) is 6.42 Å². The number of para-hydroxylation sites is 1. The third-order valence-corrected chi connectivity index (χ3v) is 4.05. The van der Waals surface area contributed by atoms with Gasteiger partial charge in [-0.05, 0) is 37.3 Å². The van der Waals surface area contributed by atoms with Crippen LogP contribution in [0.25, 0.3) is 0 Å². The summed E-state index contributed by atoms with van der Waals surface area (Å²) in [6, 6.07) is 8.38. The van der Waals surface area contributed by atoms with Gasteiger partial charge in [0.1, 0.15) is 5.67 Å². The SMILES string of the molecule is NC1CCC(F)(CN2CCc3ccccc32)C1. The Balaban J connectivity index is 1.75. The van der Waals surface area contributed by atoms with Crippen LogP contribution in [0.4, 0.5) is 10.1 Å². The molecule has 2 nitrogen and oxygen atoms in total. The summed E-state index contributed by atoms with van der Waals surface area (Å²) >= 11 is 0. The first kappa shape index (κ1) is 11.0. The van der Waals surface area contributed by atoms with Crippen molar-refractivity contribution in [2.24, 2.45) is 5.73 Å². The molecule has 0 saturated heterocycles. The van der Waals surface area contributed by atoms with Crippen molar-refractivity contribution < 1.29 is 4.39 Å². The Morgan fingerprint density at radius 2 is 2.24 bits per heavy atom. The van der Waals surface area contributed by atoms with Gasteiger partial charge in [0.25, 0.3) is 0 Å². The number of benzene rings is 1. The van der Waals surface area contributed by atoms with Crippen LogP contribution in [-0.4, -0.2) is 24.8 Å². The van der Waals surface area contributed by atoms with Crippen LogP contribution < -0.4 is 10.6 Å². The van der Waals surface area contributed by atoms with Crippen molar-refractivity contribution in [3.05, 3.63) is 29.8 Å². The van der Waals surface area contributed by atoms with Gasteiger partial charge in [-0.2, -0.15) is 0 Å². The smallest absolute Gasteiger partial charge is 0.129 e. The van der Waals surface area contributed by atoms with Crippen molar-refractivity contribution in [2.75, 3.05) is 18.0 Å². The van der Waals surface area contributed by atoms with Crippen LogP contribution in [0.2, 0.25) is 0 Å². The lowest BCUT2D eigenvalue weighted by Gasteiger charge is -2.28. The van der Waals surface area contributed by atoms with Gasteiger partial charge in [0, 0.05) is 18.3 Å². The highest BCUT2D eigenvalue weighted by molar-refractivity contribution is 5.58. The number of rotatable bonds is 2. The van der Waals surface area contributed by atoms with E-state index in [2.05, 4.69) is 23.1 Å². The molecule has 1 aliphatic heterocycles. The number of nitrogens with two attached hydrogens (primary N) is 1. The fourth-order valence-corrected chi connectivity index (χ4v) is 3.17. The molecule has 2 unspecified atom stereocenters. The molecule has 0 amide bonds. The van der Waals surface area contributed by atoms with Gasteiger partial charge in [-0.3, -0.25) is 0 Å². The molecule has 2 aliphatic rings. The maximum Gasteiger partial charge on any atom is 0.129 e. The minimum absolute atomic E-state index is 0.0536. The average molecular weight is 234 g/mol. The summed E-state index contributed by atoms with van der Waals surface area (Å²) in [5, 5.41) is 0. The largest absolute Gasteiger partial charge is 0.368 e. The quantitative estimate of drug-likeness (QED) is 0.850. The van der Waals surface area contributed by atoms with E-state index >= 15 is 0 Å². The highest BCUT2D eigenvalue weighted by atomic mass is 19.1. The van der Waals surface area contributed by atoms with Crippen molar-refractivity contribution in [1.82, 2.24) is 0 Å². The zero-order chi connectivity index (χ0) is 11.9. The Morgan fingerprint density at radius 1 is 1.41 bits per heavy atom. The Hall–Kier alpha value is -1.09. The second-order valence-corrected chi connectivity index (χ2v) is 5.45. The molecule has 2 N–H and O–H groups in total. The molecule has 1 aliphatic carbocycles. The first-order valence-electron chi connectivity index (χ1n) is 6.44. The number of hydrogen-bond donors (Lipinski definition) is 1. The highest BCUT2D eigenvalue weighted by Gasteiger charge is 2.40. The van der Waals surface area contributed by atoms with Gasteiger partial charge in [0.15, 0.2) is 0 Å². The van der Waals surface area contributed by atoms with Crippen molar-refractivity contribution in [3.63, 3.8) is 0 Å². The second-order valence-electron chi connectivity index (χ2n) is 5.45. The minimum Gasteiger partial charge on any atom is -0.368 e. The number of alkyl halides is 1. The molecule has 1 heterocycles. The van der Waals surface area contributed by atoms with Gasteiger partial charge in [-0.15, -0.1) is 0 Å². The van der Waals surface area contributed by atoms with Crippen LogP contribution >= 0.6 is 0 Å². The number of anilines is 1. The van der Waals surface area contributed by atoms with E-state index in [1.807, 2.05) is 6.07 Å². The Morgan fingerprint density at radius 3 is 3.00 bits per heavy atom. The second kappa shape index (κ2) is 3.98. The number of halogens is 1. The lowest BCUT2D eigenvalue weighted by atomic mass is 10.0.